The Morgan fingerprint density at radius 1 is 1.13 bits per heavy atom. The lowest BCUT2D eigenvalue weighted by Crippen LogP contribution is -2.52. The fourth-order valence-corrected chi connectivity index (χ4v) is 6.93. The van der Waals surface area contributed by atoms with Crippen molar-refractivity contribution in [1.29, 1.82) is 0 Å². The zero-order chi connectivity index (χ0) is 17.8. The van der Waals surface area contributed by atoms with Gasteiger partial charge in [0.2, 0.25) is 11.5 Å². The Balaban J connectivity index is 2.63. The summed E-state index contributed by atoms with van der Waals surface area (Å²) in [6.45, 7) is 16.3. The number of rotatable bonds is 5. The van der Waals surface area contributed by atoms with E-state index in [9.17, 15) is 9.90 Å². The molecule has 2 aliphatic rings. The van der Waals surface area contributed by atoms with Crippen molar-refractivity contribution in [3.8, 4) is 0 Å². The van der Waals surface area contributed by atoms with E-state index in [4.69, 9.17) is 9.47 Å². The molecule has 1 saturated carbocycles. The first-order valence-corrected chi connectivity index (χ1v) is 12.3. The summed E-state index contributed by atoms with van der Waals surface area (Å²) in [5.74, 6) is 0.547. The number of fused-ring (bicyclic) bond motifs is 1. The van der Waals surface area contributed by atoms with E-state index in [1.54, 1.807) is 0 Å². The minimum atomic E-state index is -1.69. The van der Waals surface area contributed by atoms with Crippen LogP contribution in [0.1, 0.15) is 47.5 Å². The first-order chi connectivity index (χ1) is 10.4. The van der Waals surface area contributed by atoms with Crippen LogP contribution < -0.4 is 0 Å². The number of aliphatic hydroxyl groups is 1. The average molecular weight is 341 g/mol. The molecule has 0 aromatic carbocycles. The Bertz CT molecular complexity index is 532. The third kappa shape index (κ3) is 2.66. The highest BCUT2D eigenvalue weighted by Gasteiger charge is 2.72. The number of hydrogen-bond acceptors (Lipinski definition) is 4. The summed E-state index contributed by atoms with van der Waals surface area (Å²) in [4.78, 5) is 13.1. The predicted molar refractivity (Wildman–Crippen MR) is 93.9 cm³/mol. The van der Waals surface area contributed by atoms with Crippen LogP contribution in [-0.2, 0) is 14.3 Å². The number of ketones is 1. The molecule has 0 heterocycles. The van der Waals surface area contributed by atoms with Crippen LogP contribution in [-0.4, -0.2) is 36.8 Å². The molecule has 0 aromatic rings. The Kier molecular flexibility index (Phi) is 4.53. The summed E-state index contributed by atoms with van der Waals surface area (Å²) in [6.07, 6.45) is 1.32. The van der Waals surface area contributed by atoms with E-state index in [1.807, 2.05) is 34.6 Å². The fourth-order valence-electron chi connectivity index (χ4n) is 4.22. The quantitative estimate of drug-likeness (QED) is 0.772. The van der Waals surface area contributed by atoms with Gasteiger partial charge in [-0.3, -0.25) is 4.79 Å². The lowest BCUT2D eigenvalue weighted by molar-refractivity contribution is -0.134. The monoisotopic (exact) mass is 340 g/mol. The second-order valence-electron chi connectivity index (χ2n) is 8.88. The summed E-state index contributed by atoms with van der Waals surface area (Å²) >= 11 is 0. The summed E-state index contributed by atoms with van der Waals surface area (Å²) in [6, 6.07) is 0. The number of allylic oxidation sites excluding steroid dienone is 1. The summed E-state index contributed by atoms with van der Waals surface area (Å²) in [5, 5.41) is 11.8. The number of carbonyl (C=O) groups is 1. The molecule has 5 heteroatoms. The van der Waals surface area contributed by atoms with Crippen molar-refractivity contribution in [2.45, 2.75) is 90.5 Å². The predicted octanol–water partition coefficient (Wildman–Crippen LogP) is 3.87. The van der Waals surface area contributed by atoms with Crippen molar-refractivity contribution in [3.63, 3.8) is 0 Å². The molecule has 0 spiro atoms. The molecule has 1 fully saturated rings. The van der Waals surface area contributed by atoms with Gasteiger partial charge in [-0.15, -0.1) is 0 Å². The van der Waals surface area contributed by atoms with E-state index >= 15 is 0 Å². The van der Waals surface area contributed by atoms with Crippen molar-refractivity contribution in [1.82, 2.24) is 0 Å². The second-order valence-corrected chi connectivity index (χ2v) is 14.3. The van der Waals surface area contributed by atoms with Crippen LogP contribution in [0.25, 0.3) is 0 Å². The number of hydrogen-bond donors (Lipinski definition) is 1. The van der Waals surface area contributed by atoms with E-state index < -0.39 is 19.1 Å². The summed E-state index contributed by atoms with van der Waals surface area (Å²) < 4.78 is 11.8. The molecule has 0 amide bonds. The third-order valence-electron chi connectivity index (χ3n) is 5.29. The first-order valence-electron chi connectivity index (χ1n) is 8.71. The minimum Gasteiger partial charge on any atom is -0.488 e. The van der Waals surface area contributed by atoms with Crippen molar-refractivity contribution in [2.24, 2.45) is 5.41 Å². The van der Waals surface area contributed by atoms with Crippen LogP contribution in [0.15, 0.2) is 11.5 Å². The molecule has 2 rings (SSSR count). The molecule has 0 aromatic heterocycles. The van der Waals surface area contributed by atoms with E-state index in [2.05, 4.69) is 19.6 Å². The van der Waals surface area contributed by atoms with Crippen LogP contribution in [0.3, 0.4) is 0 Å². The van der Waals surface area contributed by atoms with Crippen LogP contribution in [0.2, 0.25) is 25.2 Å². The molecular formula is C18H32O4Si. The van der Waals surface area contributed by atoms with Crippen LogP contribution >= 0.6 is 0 Å². The lowest BCUT2D eigenvalue weighted by atomic mass is 9.76. The average Bonchev–Trinajstić information content (AvgIpc) is 2.72. The zero-order valence-electron chi connectivity index (χ0n) is 15.8. The Hall–Kier alpha value is -0.813. The van der Waals surface area contributed by atoms with Gasteiger partial charge in [0, 0.05) is 0 Å². The standard InChI is InChI=1S/C18H32O4Si/c1-11(2)21-14-15(19)17(5)10-9-13(23(6,7)8)18(17,20)16(14)22-12(3)4/h11-13,20H,9-10H2,1-8H3/t13-,17-,18-/m0/s1. The molecule has 0 bridgehead atoms. The molecule has 4 nitrogen and oxygen atoms in total. The van der Waals surface area contributed by atoms with E-state index in [0.29, 0.717) is 12.2 Å². The van der Waals surface area contributed by atoms with Crippen molar-refractivity contribution >= 4 is 13.9 Å². The van der Waals surface area contributed by atoms with Gasteiger partial charge in [0.1, 0.15) is 5.60 Å². The Labute approximate surface area is 141 Å². The molecule has 2 aliphatic carbocycles. The van der Waals surface area contributed by atoms with Crippen molar-refractivity contribution in [2.75, 3.05) is 0 Å². The Morgan fingerprint density at radius 2 is 1.65 bits per heavy atom. The fraction of sp³-hybridized carbons (Fsp3) is 0.833. The molecule has 1 N–H and O–H groups in total. The summed E-state index contributed by atoms with van der Waals surface area (Å²) in [7, 11) is -1.69. The van der Waals surface area contributed by atoms with Gasteiger partial charge in [-0.2, -0.15) is 0 Å². The van der Waals surface area contributed by atoms with Gasteiger partial charge >= 0.3 is 0 Å². The SMILES string of the molecule is CC(C)OC1=C(OC(C)C)[C@@]2(O)[C@@H]([Si](C)(C)C)CC[C@@]2(C)C1=O. The summed E-state index contributed by atoms with van der Waals surface area (Å²) in [5.41, 5.74) is -1.97. The minimum absolute atomic E-state index is 0.0889. The van der Waals surface area contributed by atoms with Crippen LogP contribution in [0.5, 0.6) is 0 Å². The molecule has 0 saturated heterocycles. The number of ether oxygens (including phenoxy) is 2. The molecular weight excluding hydrogens is 308 g/mol. The van der Waals surface area contributed by atoms with Gasteiger partial charge in [0.25, 0.3) is 0 Å². The van der Waals surface area contributed by atoms with Gasteiger partial charge in [0.05, 0.1) is 25.7 Å². The van der Waals surface area contributed by atoms with Gasteiger partial charge in [-0.25, -0.2) is 0 Å². The molecule has 23 heavy (non-hydrogen) atoms. The van der Waals surface area contributed by atoms with Crippen molar-refractivity contribution in [3.05, 3.63) is 11.5 Å². The first kappa shape index (κ1) is 18.5. The lowest BCUT2D eigenvalue weighted by Gasteiger charge is -2.42. The maximum absolute atomic E-state index is 13.1. The van der Waals surface area contributed by atoms with Crippen LogP contribution in [0.4, 0.5) is 0 Å². The van der Waals surface area contributed by atoms with Crippen LogP contribution in [0, 0.1) is 5.41 Å². The third-order valence-corrected chi connectivity index (χ3v) is 8.09. The molecule has 0 unspecified atom stereocenters. The van der Waals surface area contributed by atoms with Gasteiger partial charge in [-0.05, 0) is 53.0 Å². The molecule has 0 aliphatic heterocycles. The maximum atomic E-state index is 13.1. The molecule has 0 radical (unpaired) electrons. The van der Waals surface area contributed by atoms with Crippen molar-refractivity contribution < 1.29 is 19.4 Å². The van der Waals surface area contributed by atoms with E-state index in [-0.39, 0.29) is 29.3 Å². The normalized spacial score (nSPS) is 34.6. The number of carbonyl (C=O) groups excluding carboxylic acids is 1. The van der Waals surface area contributed by atoms with E-state index in [0.717, 1.165) is 6.42 Å². The highest BCUT2D eigenvalue weighted by molar-refractivity contribution is 6.78. The zero-order valence-corrected chi connectivity index (χ0v) is 16.8. The molecule has 132 valence electrons. The van der Waals surface area contributed by atoms with Gasteiger partial charge in [-0.1, -0.05) is 19.6 Å². The second kappa shape index (κ2) is 5.62. The highest BCUT2D eigenvalue weighted by Crippen LogP contribution is 2.65. The largest absolute Gasteiger partial charge is 0.488 e. The number of Topliss-reactive ketones (excluding diaryl/α,β-unsaturated/α-hetero) is 1. The smallest absolute Gasteiger partial charge is 0.210 e. The topological polar surface area (TPSA) is 55.8 Å². The molecule has 3 atom stereocenters. The Morgan fingerprint density at radius 3 is 2.09 bits per heavy atom. The van der Waals surface area contributed by atoms with Gasteiger partial charge in [0.15, 0.2) is 5.76 Å². The van der Waals surface area contributed by atoms with E-state index in [1.165, 1.54) is 0 Å². The maximum Gasteiger partial charge on any atom is 0.210 e. The van der Waals surface area contributed by atoms with Gasteiger partial charge < -0.3 is 14.6 Å². The highest BCUT2D eigenvalue weighted by atomic mass is 28.3.